The van der Waals surface area contributed by atoms with Crippen LogP contribution >= 0.6 is 11.6 Å². The largest absolute Gasteiger partial charge is 0.550 e. The van der Waals surface area contributed by atoms with Gasteiger partial charge in [-0.05, 0) is 31.0 Å². The minimum Gasteiger partial charge on any atom is -0.550 e. The number of amides is 1. The van der Waals surface area contributed by atoms with Gasteiger partial charge in [-0.25, -0.2) is 4.39 Å². The maximum Gasteiger partial charge on any atom is 0.230 e. The number of carbonyl (C=O) groups excluding carboxylic acids is 2. The van der Waals surface area contributed by atoms with E-state index in [-0.39, 0.29) is 5.02 Å². The number of nitrogens with one attached hydrogen (secondary N) is 1. The quantitative estimate of drug-likeness (QED) is 0.901. The zero-order valence-corrected chi connectivity index (χ0v) is 11.6. The maximum atomic E-state index is 13.1. The topological polar surface area (TPSA) is 78.5 Å². The predicted molar refractivity (Wildman–Crippen MR) is 69.9 cm³/mol. The molecule has 1 amide bonds. The molecule has 0 saturated carbocycles. The summed E-state index contributed by atoms with van der Waals surface area (Å²) in [7, 11) is 0. The lowest BCUT2D eigenvalue weighted by Gasteiger charge is -2.27. The van der Waals surface area contributed by atoms with Crippen LogP contribution in [0, 0.1) is 17.7 Å². The Kier molecular flexibility index (Phi) is 3.59. The van der Waals surface area contributed by atoms with Gasteiger partial charge in [0.25, 0.3) is 0 Å². The smallest absolute Gasteiger partial charge is 0.230 e. The second kappa shape index (κ2) is 5.27. The van der Waals surface area contributed by atoms with E-state index in [0.717, 1.165) is 6.07 Å². The Bertz CT molecular complexity index is 609. The summed E-state index contributed by atoms with van der Waals surface area (Å²) in [6, 6.07) is 3.77. The van der Waals surface area contributed by atoms with Crippen LogP contribution in [0.4, 0.5) is 10.1 Å². The van der Waals surface area contributed by atoms with Crippen molar-refractivity contribution >= 4 is 29.2 Å². The van der Waals surface area contributed by atoms with Crippen LogP contribution in [-0.2, 0) is 14.3 Å². The second-order valence-corrected chi connectivity index (χ2v) is 5.69. The van der Waals surface area contributed by atoms with E-state index in [1.807, 2.05) is 0 Å². The van der Waals surface area contributed by atoms with Gasteiger partial charge in [0.2, 0.25) is 5.91 Å². The molecule has 0 unspecified atom stereocenters. The zero-order chi connectivity index (χ0) is 15.1. The Morgan fingerprint density at radius 3 is 2.57 bits per heavy atom. The zero-order valence-electron chi connectivity index (χ0n) is 10.8. The van der Waals surface area contributed by atoms with Crippen molar-refractivity contribution in [1.29, 1.82) is 0 Å². The first-order valence-corrected chi connectivity index (χ1v) is 6.97. The van der Waals surface area contributed by atoms with Crippen molar-refractivity contribution < 1.29 is 23.8 Å². The highest BCUT2D eigenvalue weighted by molar-refractivity contribution is 6.31. The third kappa shape index (κ3) is 2.49. The molecule has 1 N–H and O–H groups in total. The SMILES string of the molecule is O=C([O-])[C@@H]1[C@H](C(=O)Nc2ccc(F)c(Cl)c2)[C@H]2CC[C@@H]1O2. The van der Waals surface area contributed by atoms with Gasteiger partial charge in [0.05, 0.1) is 23.1 Å². The van der Waals surface area contributed by atoms with Crippen LogP contribution in [0.2, 0.25) is 5.02 Å². The number of anilines is 1. The van der Waals surface area contributed by atoms with Crippen molar-refractivity contribution in [3.05, 3.63) is 29.0 Å². The van der Waals surface area contributed by atoms with Gasteiger partial charge >= 0.3 is 0 Å². The number of halogens is 2. The Labute approximate surface area is 125 Å². The average Bonchev–Trinajstić information content (AvgIpc) is 3.03. The molecule has 0 spiro atoms. The summed E-state index contributed by atoms with van der Waals surface area (Å²) < 4.78 is 18.6. The lowest BCUT2D eigenvalue weighted by Crippen LogP contribution is -2.46. The van der Waals surface area contributed by atoms with Crippen LogP contribution in [0.1, 0.15) is 12.8 Å². The molecule has 2 saturated heterocycles. The van der Waals surface area contributed by atoms with E-state index in [2.05, 4.69) is 5.32 Å². The predicted octanol–water partition coefficient (Wildman–Crippen LogP) is 0.961. The molecule has 0 aromatic heterocycles. The molecule has 0 aliphatic carbocycles. The normalized spacial score (nSPS) is 30.4. The highest BCUT2D eigenvalue weighted by Crippen LogP contribution is 2.43. The van der Waals surface area contributed by atoms with E-state index in [4.69, 9.17) is 16.3 Å². The van der Waals surface area contributed by atoms with Gasteiger partial charge in [-0.3, -0.25) is 4.79 Å². The van der Waals surface area contributed by atoms with Crippen molar-refractivity contribution in [2.75, 3.05) is 5.32 Å². The minimum atomic E-state index is -1.28. The maximum absolute atomic E-state index is 13.1. The van der Waals surface area contributed by atoms with Crippen LogP contribution < -0.4 is 10.4 Å². The number of rotatable bonds is 3. The number of aliphatic carboxylic acids is 1. The first kappa shape index (κ1) is 14.3. The highest BCUT2D eigenvalue weighted by Gasteiger charge is 2.52. The number of carboxylic acids is 1. The molecule has 2 bridgehead atoms. The molecule has 2 aliphatic rings. The molecule has 1 aromatic carbocycles. The molecule has 4 atom stereocenters. The van der Waals surface area contributed by atoms with Crippen molar-refractivity contribution in [3.63, 3.8) is 0 Å². The van der Waals surface area contributed by atoms with Crippen molar-refractivity contribution in [1.82, 2.24) is 0 Å². The summed E-state index contributed by atoms with van der Waals surface area (Å²) >= 11 is 5.64. The van der Waals surface area contributed by atoms with Crippen LogP contribution in [-0.4, -0.2) is 24.1 Å². The molecule has 5 nitrogen and oxygen atoms in total. The lowest BCUT2D eigenvalue weighted by molar-refractivity contribution is -0.313. The van der Waals surface area contributed by atoms with Gasteiger partial charge in [-0.2, -0.15) is 0 Å². The summed E-state index contributed by atoms with van der Waals surface area (Å²) in [5, 5.41) is 13.7. The second-order valence-electron chi connectivity index (χ2n) is 5.28. The summed E-state index contributed by atoms with van der Waals surface area (Å²) in [4.78, 5) is 23.5. The molecule has 0 radical (unpaired) electrons. The van der Waals surface area contributed by atoms with Gasteiger partial charge in [0.15, 0.2) is 0 Å². The molecule has 3 rings (SSSR count). The van der Waals surface area contributed by atoms with E-state index in [1.54, 1.807) is 0 Å². The Morgan fingerprint density at radius 2 is 1.95 bits per heavy atom. The highest BCUT2D eigenvalue weighted by atomic mass is 35.5. The molecule has 21 heavy (non-hydrogen) atoms. The number of carboxylic acid groups (broad SMARTS) is 1. The number of fused-ring (bicyclic) bond motifs is 2. The molecule has 1 aromatic rings. The molecule has 7 heteroatoms. The van der Waals surface area contributed by atoms with Crippen LogP contribution in [0.25, 0.3) is 0 Å². The molecule has 2 aliphatic heterocycles. The molecular weight excluding hydrogens is 301 g/mol. The minimum absolute atomic E-state index is 0.117. The average molecular weight is 313 g/mol. The number of carbonyl (C=O) groups is 2. The van der Waals surface area contributed by atoms with Gasteiger partial charge < -0.3 is 20.0 Å². The first-order valence-electron chi connectivity index (χ1n) is 6.59. The standard InChI is InChI=1S/C14H13ClFNO4/c15-7-5-6(1-2-8(7)16)17-13(18)11-9-3-4-10(21-9)12(11)14(19)20/h1-2,5,9-12H,3-4H2,(H,17,18)(H,19,20)/p-1/t9-,10+,11-,12+/m1/s1. The monoisotopic (exact) mass is 312 g/mol. The van der Waals surface area contributed by atoms with E-state index < -0.39 is 41.7 Å². The molecular formula is C14H12ClFNO4-. The van der Waals surface area contributed by atoms with Gasteiger partial charge in [-0.1, -0.05) is 11.6 Å². The van der Waals surface area contributed by atoms with Crippen molar-refractivity contribution in [2.45, 2.75) is 25.0 Å². The number of hydrogen-bond donors (Lipinski definition) is 1. The Morgan fingerprint density at radius 1 is 1.29 bits per heavy atom. The summed E-state index contributed by atoms with van der Waals surface area (Å²) in [5.74, 6) is -4.08. The van der Waals surface area contributed by atoms with E-state index >= 15 is 0 Å². The van der Waals surface area contributed by atoms with E-state index in [0.29, 0.717) is 18.5 Å². The number of hydrogen-bond acceptors (Lipinski definition) is 4. The lowest BCUT2D eigenvalue weighted by atomic mass is 9.78. The van der Waals surface area contributed by atoms with Gasteiger partial charge in [0, 0.05) is 17.6 Å². The van der Waals surface area contributed by atoms with E-state index in [1.165, 1.54) is 12.1 Å². The van der Waals surface area contributed by atoms with Crippen LogP contribution in [0.5, 0.6) is 0 Å². The molecule has 2 heterocycles. The van der Waals surface area contributed by atoms with Crippen LogP contribution in [0.15, 0.2) is 18.2 Å². The number of ether oxygens (including phenoxy) is 1. The summed E-state index contributed by atoms with van der Waals surface area (Å²) in [5.41, 5.74) is 0.311. The molecule has 112 valence electrons. The third-order valence-corrected chi connectivity index (χ3v) is 4.32. The fourth-order valence-corrected chi connectivity index (χ4v) is 3.29. The van der Waals surface area contributed by atoms with Gasteiger partial charge in [0.1, 0.15) is 5.82 Å². The molecule has 2 fully saturated rings. The van der Waals surface area contributed by atoms with E-state index in [9.17, 15) is 19.1 Å². The fraction of sp³-hybridized carbons (Fsp3) is 0.429. The van der Waals surface area contributed by atoms with Crippen molar-refractivity contribution in [3.8, 4) is 0 Å². The summed E-state index contributed by atoms with van der Waals surface area (Å²) in [6.45, 7) is 0. The van der Waals surface area contributed by atoms with Crippen molar-refractivity contribution in [2.24, 2.45) is 11.8 Å². The van der Waals surface area contributed by atoms with Gasteiger partial charge in [-0.15, -0.1) is 0 Å². The Hall–Kier alpha value is -1.66. The fourth-order valence-electron chi connectivity index (χ4n) is 3.11. The van der Waals surface area contributed by atoms with Crippen LogP contribution in [0.3, 0.4) is 0 Å². The third-order valence-electron chi connectivity index (χ3n) is 4.04. The first-order chi connectivity index (χ1) is 9.97. The Balaban J connectivity index is 1.78. The summed E-state index contributed by atoms with van der Waals surface area (Å²) in [6.07, 6.45) is 0.396. The number of benzene rings is 1.